The van der Waals surface area contributed by atoms with Gasteiger partial charge in [-0.05, 0) is 19.3 Å². The molecule has 100 valence electrons. The lowest BCUT2D eigenvalue weighted by atomic mass is 10.2. The Bertz CT molecular complexity index is 242. The highest BCUT2D eigenvalue weighted by Crippen LogP contribution is 2.11. The third-order valence-corrected chi connectivity index (χ3v) is 3.63. The maximum atomic E-state index is 12.1. The number of likely N-dealkylation sites (tertiary alicyclic amines) is 2. The van der Waals surface area contributed by atoms with Crippen molar-refractivity contribution < 1.29 is 4.79 Å². The molecule has 2 rings (SSSR count). The summed E-state index contributed by atoms with van der Waals surface area (Å²) in [5.41, 5.74) is 5.84. The monoisotopic (exact) mass is 261 g/mol. The summed E-state index contributed by atoms with van der Waals surface area (Å²) in [6.45, 7) is 4.37. The summed E-state index contributed by atoms with van der Waals surface area (Å²) >= 11 is 0. The molecule has 1 amide bonds. The summed E-state index contributed by atoms with van der Waals surface area (Å²) < 4.78 is 0. The van der Waals surface area contributed by atoms with Gasteiger partial charge in [0.15, 0.2) is 0 Å². The van der Waals surface area contributed by atoms with Crippen LogP contribution >= 0.6 is 12.4 Å². The first-order valence-corrected chi connectivity index (χ1v) is 6.51. The number of hydrogen-bond acceptors (Lipinski definition) is 3. The van der Waals surface area contributed by atoms with Crippen molar-refractivity contribution in [3.63, 3.8) is 0 Å². The average Bonchev–Trinajstić information content (AvgIpc) is 2.56. The van der Waals surface area contributed by atoms with Crippen molar-refractivity contribution in [2.45, 2.75) is 38.1 Å². The molecule has 2 aliphatic heterocycles. The first kappa shape index (κ1) is 14.7. The molecule has 2 heterocycles. The summed E-state index contributed by atoms with van der Waals surface area (Å²) in [5, 5.41) is 0. The van der Waals surface area contributed by atoms with Crippen molar-refractivity contribution in [1.82, 2.24) is 9.80 Å². The van der Waals surface area contributed by atoms with Crippen LogP contribution in [0, 0.1) is 0 Å². The third kappa shape index (κ3) is 4.45. The van der Waals surface area contributed by atoms with Gasteiger partial charge in [0.1, 0.15) is 0 Å². The largest absolute Gasteiger partial charge is 0.342 e. The van der Waals surface area contributed by atoms with E-state index in [0.717, 1.165) is 32.6 Å². The van der Waals surface area contributed by atoms with Gasteiger partial charge in [-0.25, -0.2) is 0 Å². The number of rotatable bonds is 2. The van der Waals surface area contributed by atoms with E-state index in [1.807, 2.05) is 4.90 Å². The summed E-state index contributed by atoms with van der Waals surface area (Å²) in [4.78, 5) is 16.3. The molecule has 2 saturated heterocycles. The second-order valence-electron chi connectivity index (χ2n) is 5.08. The van der Waals surface area contributed by atoms with Crippen LogP contribution in [0.5, 0.6) is 0 Å². The van der Waals surface area contributed by atoms with E-state index < -0.39 is 0 Å². The predicted octanol–water partition coefficient (Wildman–Crippen LogP) is 0.844. The van der Waals surface area contributed by atoms with Gasteiger partial charge in [-0.15, -0.1) is 12.4 Å². The zero-order valence-electron chi connectivity index (χ0n) is 10.4. The van der Waals surface area contributed by atoms with E-state index in [2.05, 4.69) is 4.90 Å². The zero-order chi connectivity index (χ0) is 11.4. The molecule has 0 radical (unpaired) electrons. The number of carbonyl (C=O) groups is 1. The third-order valence-electron chi connectivity index (χ3n) is 3.63. The summed E-state index contributed by atoms with van der Waals surface area (Å²) in [5.74, 6) is 0.302. The number of nitrogens with two attached hydrogens (primary N) is 1. The molecular formula is C12H24ClN3O. The van der Waals surface area contributed by atoms with Gasteiger partial charge < -0.3 is 10.6 Å². The van der Waals surface area contributed by atoms with Gasteiger partial charge in [-0.3, -0.25) is 9.69 Å². The Balaban J connectivity index is 0.00000144. The van der Waals surface area contributed by atoms with E-state index >= 15 is 0 Å². The molecule has 2 aliphatic rings. The highest BCUT2D eigenvalue weighted by Gasteiger charge is 2.23. The SMILES string of the molecule is Cl.NC1CCN(CC(=O)N2CCCCCC2)C1. The molecule has 0 aromatic heterocycles. The minimum absolute atomic E-state index is 0. The van der Waals surface area contributed by atoms with Gasteiger partial charge in [0.25, 0.3) is 0 Å². The van der Waals surface area contributed by atoms with Crippen LogP contribution in [-0.4, -0.2) is 54.5 Å². The number of nitrogens with zero attached hydrogens (tertiary/aromatic N) is 2. The number of halogens is 1. The number of amides is 1. The Morgan fingerprint density at radius 1 is 1.12 bits per heavy atom. The molecule has 2 N–H and O–H groups in total. The van der Waals surface area contributed by atoms with Crippen molar-refractivity contribution in [3.05, 3.63) is 0 Å². The molecular weight excluding hydrogens is 238 g/mol. The molecule has 0 saturated carbocycles. The molecule has 0 aliphatic carbocycles. The highest BCUT2D eigenvalue weighted by atomic mass is 35.5. The zero-order valence-corrected chi connectivity index (χ0v) is 11.3. The van der Waals surface area contributed by atoms with Crippen molar-refractivity contribution in [2.24, 2.45) is 5.73 Å². The quantitative estimate of drug-likeness (QED) is 0.802. The second-order valence-corrected chi connectivity index (χ2v) is 5.08. The lowest BCUT2D eigenvalue weighted by molar-refractivity contribution is -0.132. The summed E-state index contributed by atoms with van der Waals surface area (Å²) in [6.07, 6.45) is 5.93. The molecule has 1 atom stereocenters. The first-order chi connectivity index (χ1) is 7.75. The van der Waals surface area contributed by atoms with Crippen LogP contribution in [0.3, 0.4) is 0 Å². The van der Waals surface area contributed by atoms with Gasteiger partial charge >= 0.3 is 0 Å². The van der Waals surface area contributed by atoms with E-state index in [0.29, 0.717) is 12.5 Å². The van der Waals surface area contributed by atoms with Gasteiger partial charge in [0.05, 0.1) is 6.54 Å². The molecule has 0 aromatic carbocycles. The Morgan fingerprint density at radius 2 is 1.76 bits per heavy atom. The van der Waals surface area contributed by atoms with Crippen LogP contribution in [-0.2, 0) is 4.79 Å². The van der Waals surface area contributed by atoms with Crippen molar-refractivity contribution in [3.8, 4) is 0 Å². The molecule has 0 aromatic rings. The minimum Gasteiger partial charge on any atom is -0.342 e. The standard InChI is InChI=1S/C12H23N3O.ClH/c13-11-5-8-14(9-11)10-12(16)15-6-3-1-2-4-7-15;/h11H,1-10,13H2;1H. The van der Waals surface area contributed by atoms with Crippen LogP contribution in [0.25, 0.3) is 0 Å². The number of hydrogen-bond donors (Lipinski definition) is 1. The fraction of sp³-hybridized carbons (Fsp3) is 0.917. The van der Waals surface area contributed by atoms with Crippen LogP contribution in [0.15, 0.2) is 0 Å². The smallest absolute Gasteiger partial charge is 0.236 e. The second kappa shape index (κ2) is 7.19. The topological polar surface area (TPSA) is 49.6 Å². The van der Waals surface area contributed by atoms with Crippen molar-refractivity contribution in [2.75, 3.05) is 32.7 Å². The molecule has 0 spiro atoms. The van der Waals surface area contributed by atoms with Gasteiger partial charge in [-0.2, -0.15) is 0 Å². The maximum absolute atomic E-state index is 12.1. The molecule has 4 nitrogen and oxygen atoms in total. The first-order valence-electron chi connectivity index (χ1n) is 6.51. The van der Waals surface area contributed by atoms with E-state index in [1.165, 1.54) is 25.7 Å². The lowest BCUT2D eigenvalue weighted by Gasteiger charge is -2.23. The fourth-order valence-electron chi connectivity index (χ4n) is 2.62. The van der Waals surface area contributed by atoms with E-state index in [9.17, 15) is 4.79 Å². The Labute approximate surface area is 110 Å². The van der Waals surface area contributed by atoms with Crippen LogP contribution in [0.2, 0.25) is 0 Å². The molecule has 0 bridgehead atoms. The van der Waals surface area contributed by atoms with Gasteiger partial charge in [0.2, 0.25) is 5.91 Å². The fourth-order valence-corrected chi connectivity index (χ4v) is 2.62. The molecule has 17 heavy (non-hydrogen) atoms. The molecule has 1 unspecified atom stereocenters. The maximum Gasteiger partial charge on any atom is 0.236 e. The Hall–Kier alpha value is -0.320. The highest BCUT2D eigenvalue weighted by molar-refractivity contribution is 5.85. The van der Waals surface area contributed by atoms with Crippen LogP contribution in [0.4, 0.5) is 0 Å². The number of carbonyl (C=O) groups excluding carboxylic acids is 1. The van der Waals surface area contributed by atoms with Crippen molar-refractivity contribution >= 4 is 18.3 Å². The van der Waals surface area contributed by atoms with E-state index in [1.54, 1.807) is 0 Å². The molecule has 5 heteroatoms. The minimum atomic E-state index is 0. The lowest BCUT2D eigenvalue weighted by Crippen LogP contribution is -2.40. The summed E-state index contributed by atoms with van der Waals surface area (Å²) in [6, 6.07) is 0.275. The Kier molecular flexibility index (Phi) is 6.23. The van der Waals surface area contributed by atoms with Gasteiger partial charge in [-0.1, -0.05) is 12.8 Å². The van der Waals surface area contributed by atoms with E-state index in [4.69, 9.17) is 5.73 Å². The normalized spacial score (nSPS) is 26.4. The van der Waals surface area contributed by atoms with E-state index in [-0.39, 0.29) is 18.4 Å². The van der Waals surface area contributed by atoms with Gasteiger partial charge in [0, 0.05) is 32.2 Å². The predicted molar refractivity (Wildman–Crippen MR) is 71.3 cm³/mol. The molecule has 2 fully saturated rings. The Morgan fingerprint density at radius 3 is 2.29 bits per heavy atom. The van der Waals surface area contributed by atoms with Crippen LogP contribution in [0.1, 0.15) is 32.1 Å². The average molecular weight is 262 g/mol. The van der Waals surface area contributed by atoms with Crippen molar-refractivity contribution in [1.29, 1.82) is 0 Å². The van der Waals surface area contributed by atoms with Crippen LogP contribution < -0.4 is 5.73 Å². The summed E-state index contributed by atoms with van der Waals surface area (Å²) in [7, 11) is 0.